The molecule has 0 spiro atoms. The van der Waals surface area contributed by atoms with Crippen LogP contribution in [0.5, 0.6) is 0 Å². The summed E-state index contributed by atoms with van der Waals surface area (Å²) < 4.78 is 26.8. The number of nitrogens with one attached hydrogen (secondary N) is 1. The van der Waals surface area contributed by atoms with Gasteiger partial charge in [-0.25, -0.2) is 8.78 Å². The maximum absolute atomic E-state index is 13.6. The molecule has 2 rings (SSSR count). The van der Waals surface area contributed by atoms with Crippen LogP contribution in [0.25, 0.3) is 0 Å². The Morgan fingerprint density at radius 2 is 1.81 bits per heavy atom. The van der Waals surface area contributed by atoms with E-state index in [1.54, 1.807) is 0 Å². The maximum atomic E-state index is 13.6. The third kappa shape index (κ3) is 4.55. The number of benzene rings is 2. The summed E-state index contributed by atoms with van der Waals surface area (Å²) in [6.07, 6.45) is 1.09. The molecule has 4 heteroatoms. The van der Waals surface area contributed by atoms with Gasteiger partial charge in [0.05, 0.1) is 4.90 Å². The molecule has 0 aliphatic rings. The topological polar surface area (TPSA) is 12.0 Å². The lowest BCUT2D eigenvalue weighted by Crippen LogP contribution is -2.19. The van der Waals surface area contributed by atoms with Crippen LogP contribution in [-0.4, -0.2) is 6.54 Å². The fourth-order valence-corrected chi connectivity index (χ4v) is 2.85. The van der Waals surface area contributed by atoms with Crippen molar-refractivity contribution in [3.05, 3.63) is 59.7 Å². The third-order valence-corrected chi connectivity index (χ3v) is 4.24. The van der Waals surface area contributed by atoms with Crippen LogP contribution in [0.1, 0.15) is 31.9 Å². The smallest absolute Gasteiger partial charge is 0.137 e. The Morgan fingerprint density at radius 1 is 1.10 bits per heavy atom. The van der Waals surface area contributed by atoms with Crippen LogP contribution in [0.3, 0.4) is 0 Å². The maximum Gasteiger partial charge on any atom is 0.137 e. The van der Waals surface area contributed by atoms with Crippen molar-refractivity contribution in [1.82, 2.24) is 5.32 Å². The largest absolute Gasteiger partial charge is 0.310 e. The first-order chi connectivity index (χ1) is 10.1. The van der Waals surface area contributed by atoms with Gasteiger partial charge in [-0.15, -0.1) is 0 Å². The summed E-state index contributed by atoms with van der Waals surface area (Å²) in [7, 11) is 0. The van der Waals surface area contributed by atoms with E-state index in [1.165, 1.54) is 23.4 Å². The molecule has 0 saturated carbocycles. The number of halogens is 2. The summed E-state index contributed by atoms with van der Waals surface area (Å²) in [6.45, 7) is 5.23. The molecule has 2 aromatic carbocycles. The third-order valence-electron chi connectivity index (χ3n) is 3.20. The zero-order valence-electron chi connectivity index (χ0n) is 12.2. The highest BCUT2D eigenvalue weighted by Gasteiger charge is 2.07. The van der Waals surface area contributed by atoms with Gasteiger partial charge < -0.3 is 5.32 Å². The molecule has 0 aliphatic heterocycles. The van der Waals surface area contributed by atoms with Gasteiger partial charge >= 0.3 is 0 Å². The molecule has 0 saturated heterocycles. The van der Waals surface area contributed by atoms with E-state index in [2.05, 4.69) is 19.2 Å². The molecule has 112 valence electrons. The minimum absolute atomic E-state index is 0.287. The van der Waals surface area contributed by atoms with Crippen molar-refractivity contribution in [2.75, 3.05) is 6.54 Å². The van der Waals surface area contributed by atoms with Gasteiger partial charge in [-0.3, -0.25) is 0 Å². The molecule has 21 heavy (non-hydrogen) atoms. The van der Waals surface area contributed by atoms with Gasteiger partial charge in [-0.05, 0) is 55.8 Å². The highest BCUT2D eigenvalue weighted by atomic mass is 32.2. The van der Waals surface area contributed by atoms with E-state index in [4.69, 9.17) is 0 Å². The zero-order chi connectivity index (χ0) is 15.2. The molecular weight excluding hydrogens is 288 g/mol. The summed E-state index contributed by atoms with van der Waals surface area (Å²) in [6, 6.07) is 11.7. The fourth-order valence-electron chi connectivity index (χ4n) is 1.99. The average molecular weight is 307 g/mol. The first kappa shape index (κ1) is 16.0. The molecule has 0 fully saturated rings. The Hall–Kier alpha value is -1.39. The Kier molecular flexibility index (Phi) is 5.76. The van der Waals surface area contributed by atoms with Gasteiger partial charge in [-0.1, -0.05) is 30.8 Å². The van der Waals surface area contributed by atoms with E-state index in [0.29, 0.717) is 4.90 Å². The fraction of sp³-hybridized carbons (Fsp3) is 0.294. The van der Waals surface area contributed by atoms with Crippen LogP contribution in [0.2, 0.25) is 0 Å². The predicted molar refractivity (Wildman–Crippen MR) is 83.6 cm³/mol. The van der Waals surface area contributed by atoms with E-state index in [-0.39, 0.29) is 6.04 Å². The predicted octanol–water partition coefficient (Wildman–Crippen LogP) is 5.18. The summed E-state index contributed by atoms with van der Waals surface area (Å²) in [4.78, 5) is 1.20. The summed E-state index contributed by atoms with van der Waals surface area (Å²) in [5.41, 5.74) is 1.19. The highest BCUT2D eigenvalue weighted by molar-refractivity contribution is 7.99. The van der Waals surface area contributed by atoms with Crippen molar-refractivity contribution in [3.8, 4) is 0 Å². The van der Waals surface area contributed by atoms with Crippen LogP contribution in [0.15, 0.2) is 52.3 Å². The van der Waals surface area contributed by atoms with E-state index in [0.717, 1.165) is 30.0 Å². The van der Waals surface area contributed by atoms with Gasteiger partial charge in [0.1, 0.15) is 11.6 Å². The molecule has 0 heterocycles. The lowest BCUT2D eigenvalue weighted by atomic mass is 10.1. The average Bonchev–Trinajstić information content (AvgIpc) is 2.49. The summed E-state index contributed by atoms with van der Waals surface area (Å²) in [5.74, 6) is -0.823. The Bertz CT molecular complexity index is 584. The molecule has 1 unspecified atom stereocenters. The molecule has 1 atom stereocenters. The molecule has 0 aromatic heterocycles. The van der Waals surface area contributed by atoms with Crippen molar-refractivity contribution in [3.63, 3.8) is 0 Å². The SMILES string of the molecule is CCCNC(C)c1ccc(Sc2cc(F)ccc2F)cc1. The second-order valence-electron chi connectivity index (χ2n) is 4.92. The molecule has 1 nitrogen and oxygen atoms in total. The molecule has 1 N–H and O–H groups in total. The molecule has 2 aromatic rings. The van der Waals surface area contributed by atoms with Crippen molar-refractivity contribution < 1.29 is 8.78 Å². The highest BCUT2D eigenvalue weighted by Crippen LogP contribution is 2.31. The van der Waals surface area contributed by atoms with Gasteiger partial charge in [0.15, 0.2) is 0 Å². The number of rotatable bonds is 6. The first-order valence-electron chi connectivity index (χ1n) is 7.06. The minimum Gasteiger partial charge on any atom is -0.310 e. The minimum atomic E-state index is -0.423. The summed E-state index contributed by atoms with van der Waals surface area (Å²) >= 11 is 1.23. The first-order valence-corrected chi connectivity index (χ1v) is 7.88. The monoisotopic (exact) mass is 307 g/mol. The van der Waals surface area contributed by atoms with E-state index >= 15 is 0 Å². The van der Waals surface area contributed by atoms with E-state index in [1.807, 2.05) is 24.3 Å². The second-order valence-corrected chi connectivity index (χ2v) is 6.04. The lowest BCUT2D eigenvalue weighted by Gasteiger charge is -2.14. The number of hydrogen-bond acceptors (Lipinski definition) is 2. The molecular formula is C17H19F2NS. The van der Waals surface area contributed by atoms with E-state index in [9.17, 15) is 8.78 Å². The van der Waals surface area contributed by atoms with Gasteiger partial charge in [0.25, 0.3) is 0 Å². The Balaban J connectivity index is 2.07. The van der Waals surface area contributed by atoms with Gasteiger partial charge in [-0.2, -0.15) is 0 Å². The van der Waals surface area contributed by atoms with Crippen molar-refractivity contribution in [1.29, 1.82) is 0 Å². The Morgan fingerprint density at radius 3 is 2.48 bits per heavy atom. The standard InChI is InChI=1S/C17H19F2NS/c1-3-10-20-12(2)13-4-7-15(8-5-13)21-17-11-14(18)6-9-16(17)19/h4-9,11-12,20H,3,10H2,1-2H3. The van der Waals surface area contributed by atoms with Crippen molar-refractivity contribution >= 4 is 11.8 Å². The zero-order valence-corrected chi connectivity index (χ0v) is 13.0. The van der Waals surface area contributed by atoms with E-state index < -0.39 is 11.6 Å². The van der Waals surface area contributed by atoms with Crippen molar-refractivity contribution in [2.24, 2.45) is 0 Å². The van der Waals surface area contributed by atoms with Crippen LogP contribution in [0.4, 0.5) is 8.78 Å². The lowest BCUT2D eigenvalue weighted by molar-refractivity contribution is 0.570. The van der Waals surface area contributed by atoms with Crippen LogP contribution < -0.4 is 5.32 Å². The molecule has 0 aliphatic carbocycles. The van der Waals surface area contributed by atoms with Crippen LogP contribution >= 0.6 is 11.8 Å². The number of hydrogen-bond donors (Lipinski definition) is 1. The van der Waals surface area contributed by atoms with Gasteiger partial charge in [0, 0.05) is 10.9 Å². The summed E-state index contributed by atoms with van der Waals surface area (Å²) in [5, 5.41) is 3.42. The quantitative estimate of drug-likeness (QED) is 0.789. The van der Waals surface area contributed by atoms with Crippen LogP contribution in [-0.2, 0) is 0 Å². The normalized spacial score (nSPS) is 12.4. The Labute approximate surface area is 128 Å². The van der Waals surface area contributed by atoms with Crippen LogP contribution in [0, 0.1) is 11.6 Å². The second kappa shape index (κ2) is 7.57. The van der Waals surface area contributed by atoms with Gasteiger partial charge in [0.2, 0.25) is 0 Å². The molecule has 0 amide bonds. The molecule has 0 radical (unpaired) electrons. The molecule has 0 bridgehead atoms. The van der Waals surface area contributed by atoms with Crippen molar-refractivity contribution in [2.45, 2.75) is 36.1 Å².